The number of nitrogens with zero attached hydrogens (tertiary/aromatic N) is 2. The van der Waals surface area contributed by atoms with E-state index in [0.717, 1.165) is 29.4 Å². The average Bonchev–Trinajstić information content (AvgIpc) is 2.59. The van der Waals surface area contributed by atoms with E-state index in [1.807, 2.05) is 24.3 Å². The van der Waals surface area contributed by atoms with Crippen LogP contribution in [0.4, 0.5) is 4.79 Å². The Morgan fingerprint density at radius 3 is 2.83 bits per heavy atom. The van der Waals surface area contributed by atoms with Crippen molar-refractivity contribution < 1.29 is 19.4 Å². The van der Waals surface area contributed by atoms with Crippen LogP contribution >= 0.6 is 0 Å². The zero-order valence-corrected chi connectivity index (χ0v) is 13.1. The lowest BCUT2D eigenvalue weighted by Crippen LogP contribution is -2.38. The number of amides is 1. The number of aromatic nitrogens is 1. The molecule has 0 saturated carbocycles. The number of methoxy groups -OCH3 is 1. The van der Waals surface area contributed by atoms with E-state index in [4.69, 9.17) is 14.6 Å². The molecular formula is C17H20N2O4. The molecule has 0 atom stereocenters. The van der Waals surface area contributed by atoms with Crippen molar-refractivity contribution in [2.45, 2.75) is 12.8 Å². The number of hydrogen-bond acceptors (Lipinski definition) is 4. The van der Waals surface area contributed by atoms with E-state index in [1.54, 1.807) is 13.3 Å². The normalized spacial score (nSPS) is 15.6. The fourth-order valence-electron chi connectivity index (χ4n) is 2.85. The van der Waals surface area contributed by atoms with Gasteiger partial charge in [-0.15, -0.1) is 0 Å². The van der Waals surface area contributed by atoms with E-state index in [0.29, 0.717) is 31.5 Å². The minimum Gasteiger partial charge on any atom is -0.497 e. The van der Waals surface area contributed by atoms with Gasteiger partial charge < -0.3 is 19.5 Å². The Morgan fingerprint density at radius 2 is 2.13 bits per heavy atom. The Labute approximate surface area is 134 Å². The van der Waals surface area contributed by atoms with Crippen molar-refractivity contribution in [2.75, 3.05) is 26.8 Å². The van der Waals surface area contributed by atoms with Gasteiger partial charge in [0, 0.05) is 24.7 Å². The third-order valence-corrected chi connectivity index (χ3v) is 4.28. The number of hydrogen-bond donors (Lipinski definition) is 1. The highest BCUT2D eigenvalue weighted by Gasteiger charge is 2.23. The summed E-state index contributed by atoms with van der Waals surface area (Å²) >= 11 is 0. The fraction of sp³-hybridized carbons (Fsp3) is 0.412. The molecule has 0 aliphatic carbocycles. The van der Waals surface area contributed by atoms with Crippen molar-refractivity contribution in [1.29, 1.82) is 0 Å². The number of likely N-dealkylation sites (tertiary alicyclic amines) is 1. The number of ether oxygens (including phenoxy) is 2. The summed E-state index contributed by atoms with van der Waals surface area (Å²) in [5.41, 5.74) is 0. The third-order valence-electron chi connectivity index (χ3n) is 4.28. The van der Waals surface area contributed by atoms with Crippen LogP contribution < -0.4 is 9.47 Å². The Morgan fingerprint density at radius 1 is 1.35 bits per heavy atom. The number of carbonyl (C=O) groups is 1. The van der Waals surface area contributed by atoms with Gasteiger partial charge in [0.15, 0.2) is 0 Å². The fourth-order valence-corrected chi connectivity index (χ4v) is 2.85. The summed E-state index contributed by atoms with van der Waals surface area (Å²) < 4.78 is 11.2. The van der Waals surface area contributed by atoms with Crippen molar-refractivity contribution in [3.8, 4) is 11.6 Å². The Kier molecular flexibility index (Phi) is 4.50. The van der Waals surface area contributed by atoms with Crippen molar-refractivity contribution in [2.24, 2.45) is 5.92 Å². The molecule has 0 spiro atoms. The van der Waals surface area contributed by atoms with Crippen LogP contribution in [0.1, 0.15) is 12.8 Å². The Balaban J connectivity index is 1.67. The van der Waals surface area contributed by atoms with E-state index in [1.165, 1.54) is 4.90 Å². The monoisotopic (exact) mass is 316 g/mol. The molecule has 0 radical (unpaired) electrons. The molecule has 0 unspecified atom stereocenters. The van der Waals surface area contributed by atoms with E-state index in [2.05, 4.69) is 4.98 Å². The smallest absolute Gasteiger partial charge is 0.407 e. The number of pyridine rings is 1. The predicted octanol–water partition coefficient (Wildman–Crippen LogP) is 3.01. The summed E-state index contributed by atoms with van der Waals surface area (Å²) in [4.78, 5) is 16.7. The summed E-state index contributed by atoms with van der Waals surface area (Å²) in [6, 6.07) is 7.75. The van der Waals surface area contributed by atoms with Crippen molar-refractivity contribution in [3.63, 3.8) is 0 Å². The molecule has 1 saturated heterocycles. The van der Waals surface area contributed by atoms with Crippen molar-refractivity contribution in [1.82, 2.24) is 9.88 Å². The molecule has 1 aliphatic heterocycles. The molecule has 1 N–H and O–H groups in total. The van der Waals surface area contributed by atoms with Crippen LogP contribution in [0, 0.1) is 5.92 Å². The minimum atomic E-state index is -0.841. The molecule has 2 aromatic rings. The summed E-state index contributed by atoms with van der Waals surface area (Å²) in [6.07, 6.45) is 2.53. The second-order valence-corrected chi connectivity index (χ2v) is 5.73. The van der Waals surface area contributed by atoms with Gasteiger partial charge in [-0.25, -0.2) is 9.78 Å². The van der Waals surface area contributed by atoms with Gasteiger partial charge in [0.1, 0.15) is 5.75 Å². The first-order chi connectivity index (χ1) is 11.2. The largest absolute Gasteiger partial charge is 0.497 e. The van der Waals surface area contributed by atoms with Crippen molar-refractivity contribution >= 4 is 16.9 Å². The number of benzene rings is 1. The summed E-state index contributed by atoms with van der Waals surface area (Å²) in [6.45, 7) is 1.69. The maximum Gasteiger partial charge on any atom is 0.407 e. The molecule has 1 fully saturated rings. The molecule has 1 aromatic carbocycles. The Hall–Kier alpha value is -2.50. The van der Waals surface area contributed by atoms with Gasteiger partial charge in [0.2, 0.25) is 5.88 Å². The van der Waals surface area contributed by atoms with Crippen LogP contribution in [0.5, 0.6) is 11.6 Å². The number of piperidine rings is 1. The van der Waals surface area contributed by atoms with Crippen LogP contribution in [0.15, 0.2) is 30.5 Å². The zero-order valence-electron chi connectivity index (χ0n) is 13.1. The first-order valence-corrected chi connectivity index (χ1v) is 7.71. The number of carboxylic acid groups (broad SMARTS) is 1. The molecule has 1 amide bonds. The summed E-state index contributed by atoms with van der Waals surface area (Å²) in [5, 5.41) is 11.0. The lowest BCUT2D eigenvalue weighted by molar-refractivity contribution is 0.111. The lowest BCUT2D eigenvalue weighted by atomic mass is 9.98. The molecule has 1 aliphatic rings. The maximum absolute atomic E-state index is 10.9. The second-order valence-electron chi connectivity index (χ2n) is 5.73. The standard InChI is InChI=1S/C17H20N2O4/c1-22-14-3-2-13-4-7-18-16(15(13)10-14)23-11-12-5-8-19(9-6-12)17(20)21/h2-4,7,10,12H,5-6,8-9,11H2,1H3,(H,20,21). The van der Waals surface area contributed by atoms with Gasteiger partial charge in [-0.3, -0.25) is 0 Å². The van der Waals surface area contributed by atoms with E-state index < -0.39 is 6.09 Å². The highest BCUT2D eigenvalue weighted by Crippen LogP contribution is 2.28. The van der Waals surface area contributed by atoms with Crippen molar-refractivity contribution in [3.05, 3.63) is 30.5 Å². The van der Waals surface area contributed by atoms with Crippen LogP contribution in [-0.2, 0) is 0 Å². The van der Waals surface area contributed by atoms with Gasteiger partial charge in [-0.05, 0) is 42.3 Å². The quantitative estimate of drug-likeness (QED) is 0.938. The van der Waals surface area contributed by atoms with Crippen LogP contribution in [0.25, 0.3) is 10.8 Å². The van der Waals surface area contributed by atoms with E-state index in [-0.39, 0.29) is 0 Å². The molecule has 2 heterocycles. The number of rotatable bonds is 4. The molecular weight excluding hydrogens is 296 g/mol. The van der Waals surface area contributed by atoms with Crippen LogP contribution in [0.3, 0.4) is 0 Å². The minimum absolute atomic E-state index is 0.355. The second kappa shape index (κ2) is 6.73. The van der Waals surface area contributed by atoms with Gasteiger partial charge in [0.25, 0.3) is 0 Å². The van der Waals surface area contributed by atoms with Gasteiger partial charge >= 0.3 is 6.09 Å². The molecule has 23 heavy (non-hydrogen) atoms. The molecule has 122 valence electrons. The van der Waals surface area contributed by atoms with Gasteiger partial charge in [-0.1, -0.05) is 6.07 Å². The van der Waals surface area contributed by atoms with Crippen LogP contribution in [0.2, 0.25) is 0 Å². The summed E-state index contributed by atoms with van der Waals surface area (Å²) in [5.74, 6) is 1.72. The molecule has 6 nitrogen and oxygen atoms in total. The van der Waals surface area contributed by atoms with E-state index in [9.17, 15) is 4.79 Å². The first-order valence-electron chi connectivity index (χ1n) is 7.71. The molecule has 3 rings (SSSR count). The Bertz CT molecular complexity index is 696. The lowest BCUT2D eigenvalue weighted by Gasteiger charge is -2.29. The topological polar surface area (TPSA) is 71.9 Å². The highest BCUT2D eigenvalue weighted by molar-refractivity contribution is 5.87. The highest BCUT2D eigenvalue weighted by atomic mass is 16.5. The van der Waals surface area contributed by atoms with E-state index >= 15 is 0 Å². The summed E-state index contributed by atoms with van der Waals surface area (Å²) in [7, 11) is 1.63. The van der Waals surface area contributed by atoms with Gasteiger partial charge in [0.05, 0.1) is 13.7 Å². The zero-order chi connectivity index (χ0) is 16.2. The number of fused-ring (bicyclic) bond motifs is 1. The van der Waals surface area contributed by atoms with Gasteiger partial charge in [-0.2, -0.15) is 0 Å². The maximum atomic E-state index is 10.9. The predicted molar refractivity (Wildman–Crippen MR) is 86.1 cm³/mol. The molecule has 0 bridgehead atoms. The SMILES string of the molecule is COc1ccc2ccnc(OCC3CCN(C(=O)O)CC3)c2c1. The molecule has 1 aromatic heterocycles. The molecule has 6 heteroatoms. The van der Waals surface area contributed by atoms with Crippen LogP contribution in [-0.4, -0.2) is 47.9 Å². The average molecular weight is 316 g/mol. The third kappa shape index (κ3) is 3.47. The first kappa shape index (κ1) is 15.4.